The molecule has 122 valence electrons. The van der Waals surface area contributed by atoms with Gasteiger partial charge in [0.1, 0.15) is 11.8 Å². The van der Waals surface area contributed by atoms with E-state index in [0.717, 1.165) is 6.07 Å². The van der Waals surface area contributed by atoms with Gasteiger partial charge in [-0.2, -0.15) is 17.9 Å². The van der Waals surface area contributed by atoms with Gasteiger partial charge in [0.05, 0.1) is 17.9 Å². The van der Waals surface area contributed by atoms with Gasteiger partial charge in [0, 0.05) is 6.42 Å². The first kappa shape index (κ1) is 16.6. The van der Waals surface area contributed by atoms with Crippen molar-refractivity contribution < 1.29 is 36.2 Å². The molecule has 0 amide bonds. The zero-order valence-electron chi connectivity index (χ0n) is 11.1. The summed E-state index contributed by atoms with van der Waals surface area (Å²) in [5.41, 5.74) is 0.602. The van der Waals surface area contributed by atoms with Crippen LogP contribution in [0.4, 0.5) is 13.2 Å². The number of hydrogen-bond acceptors (Lipinski definition) is 4. The first-order valence-electron chi connectivity index (χ1n) is 6.16. The highest BCUT2D eigenvalue weighted by Crippen LogP contribution is 2.28. The monoisotopic (exact) mass is 339 g/mol. The number of rotatable bonds is 5. The number of carboxylic acid groups (broad SMARTS) is 1. The lowest BCUT2D eigenvalue weighted by Crippen LogP contribution is -2.43. The molecule has 2 rings (SSSR count). The predicted molar refractivity (Wildman–Crippen MR) is 68.1 cm³/mol. The summed E-state index contributed by atoms with van der Waals surface area (Å²) in [6.07, 6.45) is -6.13. The van der Waals surface area contributed by atoms with Crippen LogP contribution in [0.2, 0.25) is 0 Å². The van der Waals surface area contributed by atoms with E-state index >= 15 is 0 Å². The van der Waals surface area contributed by atoms with Gasteiger partial charge in [-0.1, -0.05) is 0 Å². The molecule has 1 atom stereocenters. The highest BCUT2D eigenvalue weighted by Gasteiger charge is 2.38. The van der Waals surface area contributed by atoms with Crippen molar-refractivity contribution in [2.45, 2.75) is 30.0 Å². The summed E-state index contributed by atoms with van der Waals surface area (Å²) >= 11 is 0. The van der Waals surface area contributed by atoms with Crippen LogP contribution >= 0.6 is 0 Å². The molecular formula is C12H12F3NO5S. The maximum absolute atomic E-state index is 12.3. The maximum Gasteiger partial charge on any atom is 0.391 e. The molecule has 22 heavy (non-hydrogen) atoms. The number of hydrogen-bond donors (Lipinski definition) is 2. The number of carboxylic acids is 1. The molecule has 1 heterocycles. The van der Waals surface area contributed by atoms with E-state index in [2.05, 4.69) is 0 Å². The Kier molecular flexibility index (Phi) is 4.34. The SMILES string of the molecule is O=C(O)C(CC(F)(F)F)NS(=O)(=O)c1ccc2c(c1)CCO2. The molecule has 2 N–H and O–H groups in total. The molecule has 1 unspecified atom stereocenters. The quantitative estimate of drug-likeness (QED) is 0.844. The Morgan fingerprint density at radius 1 is 1.41 bits per heavy atom. The zero-order valence-corrected chi connectivity index (χ0v) is 11.9. The largest absolute Gasteiger partial charge is 0.493 e. The van der Waals surface area contributed by atoms with Crippen LogP contribution in [-0.2, 0) is 21.2 Å². The number of sulfonamides is 1. The average molecular weight is 339 g/mol. The van der Waals surface area contributed by atoms with Crippen LogP contribution in [0.15, 0.2) is 23.1 Å². The number of benzene rings is 1. The molecule has 1 aliphatic heterocycles. The van der Waals surface area contributed by atoms with Gasteiger partial charge in [0.2, 0.25) is 10.0 Å². The predicted octanol–water partition coefficient (Wildman–Crippen LogP) is 1.31. The van der Waals surface area contributed by atoms with Gasteiger partial charge in [-0.05, 0) is 23.8 Å². The third-order valence-electron chi connectivity index (χ3n) is 3.00. The van der Waals surface area contributed by atoms with E-state index in [0.29, 0.717) is 24.3 Å². The van der Waals surface area contributed by atoms with Crippen molar-refractivity contribution in [3.63, 3.8) is 0 Å². The van der Waals surface area contributed by atoms with Gasteiger partial charge >= 0.3 is 12.1 Å². The highest BCUT2D eigenvalue weighted by molar-refractivity contribution is 7.89. The van der Waals surface area contributed by atoms with Crippen LogP contribution in [0, 0.1) is 0 Å². The average Bonchev–Trinajstić information content (AvgIpc) is 2.82. The summed E-state index contributed by atoms with van der Waals surface area (Å²) < 4.78 is 67.8. The van der Waals surface area contributed by atoms with Crippen LogP contribution in [0.1, 0.15) is 12.0 Å². The van der Waals surface area contributed by atoms with Gasteiger partial charge < -0.3 is 9.84 Å². The van der Waals surface area contributed by atoms with E-state index in [9.17, 15) is 26.4 Å². The van der Waals surface area contributed by atoms with Gasteiger partial charge in [0.15, 0.2) is 0 Å². The zero-order chi connectivity index (χ0) is 16.5. The second-order valence-corrected chi connectivity index (χ2v) is 6.41. The van der Waals surface area contributed by atoms with Gasteiger partial charge in [-0.3, -0.25) is 4.79 Å². The van der Waals surface area contributed by atoms with Crippen LogP contribution in [-0.4, -0.2) is 38.3 Å². The van der Waals surface area contributed by atoms with E-state index in [1.807, 2.05) is 0 Å². The Bertz CT molecular complexity index is 686. The number of ether oxygens (including phenoxy) is 1. The van der Waals surface area contributed by atoms with Crippen molar-refractivity contribution in [2.75, 3.05) is 6.61 Å². The normalized spacial score (nSPS) is 16.0. The molecule has 1 aliphatic rings. The lowest BCUT2D eigenvalue weighted by molar-refractivity contribution is -0.157. The molecule has 0 aliphatic carbocycles. The lowest BCUT2D eigenvalue weighted by atomic mass is 10.2. The molecule has 0 spiro atoms. The number of halogens is 3. The van der Waals surface area contributed by atoms with Crippen LogP contribution in [0.3, 0.4) is 0 Å². The summed E-state index contributed by atoms with van der Waals surface area (Å²) in [5, 5.41) is 8.75. The van der Waals surface area contributed by atoms with E-state index in [-0.39, 0.29) is 4.90 Å². The third kappa shape index (κ3) is 3.89. The minimum Gasteiger partial charge on any atom is -0.493 e. The molecule has 10 heteroatoms. The molecule has 0 saturated carbocycles. The molecule has 1 aromatic rings. The number of carbonyl (C=O) groups is 1. The Morgan fingerprint density at radius 2 is 2.09 bits per heavy atom. The first-order valence-corrected chi connectivity index (χ1v) is 7.64. The van der Waals surface area contributed by atoms with Gasteiger partial charge in [-0.25, -0.2) is 8.42 Å². The van der Waals surface area contributed by atoms with Crippen LogP contribution < -0.4 is 9.46 Å². The van der Waals surface area contributed by atoms with Crippen LogP contribution in [0.5, 0.6) is 5.75 Å². The van der Waals surface area contributed by atoms with Crippen molar-refractivity contribution in [3.8, 4) is 5.75 Å². The standard InChI is InChI=1S/C12H12F3NO5S/c13-12(14,15)6-9(11(17)18)16-22(19,20)8-1-2-10-7(5-8)3-4-21-10/h1-2,5,9,16H,3-4,6H2,(H,17,18). The smallest absolute Gasteiger partial charge is 0.391 e. The van der Waals surface area contributed by atoms with E-state index in [1.54, 1.807) is 4.72 Å². The molecule has 0 bridgehead atoms. The Hall–Kier alpha value is -1.81. The maximum atomic E-state index is 12.3. The van der Waals surface area contributed by atoms with Crippen molar-refractivity contribution in [1.82, 2.24) is 4.72 Å². The lowest BCUT2D eigenvalue weighted by Gasteiger charge is -2.16. The minimum atomic E-state index is -4.81. The van der Waals surface area contributed by atoms with E-state index < -0.39 is 34.6 Å². The fourth-order valence-corrected chi connectivity index (χ4v) is 3.24. The first-order chi connectivity index (χ1) is 10.1. The summed E-state index contributed by atoms with van der Waals surface area (Å²) in [6, 6.07) is 1.52. The molecular weight excluding hydrogens is 327 g/mol. The summed E-state index contributed by atoms with van der Waals surface area (Å²) in [6.45, 7) is 0.387. The Balaban J connectivity index is 2.24. The molecule has 1 aromatic carbocycles. The summed E-state index contributed by atoms with van der Waals surface area (Å²) in [4.78, 5) is 10.5. The molecule has 0 aromatic heterocycles. The van der Waals surface area contributed by atoms with E-state index in [1.165, 1.54) is 12.1 Å². The number of fused-ring (bicyclic) bond motifs is 1. The molecule has 6 nitrogen and oxygen atoms in total. The summed E-state index contributed by atoms with van der Waals surface area (Å²) in [5.74, 6) is -1.39. The fourth-order valence-electron chi connectivity index (χ4n) is 2.00. The topological polar surface area (TPSA) is 92.7 Å². The number of nitrogens with one attached hydrogen (secondary N) is 1. The highest BCUT2D eigenvalue weighted by atomic mass is 32.2. The van der Waals surface area contributed by atoms with Crippen molar-refractivity contribution in [1.29, 1.82) is 0 Å². The summed E-state index contributed by atoms with van der Waals surface area (Å²) in [7, 11) is -4.38. The number of aliphatic carboxylic acids is 1. The van der Waals surface area contributed by atoms with Crippen molar-refractivity contribution in [2.24, 2.45) is 0 Å². The molecule has 0 saturated heterocycles. The molecule has 0 fully saturated rings. The fraction of sp³-hybridized carbons (Fsp3) is 0.417. The van der Waals surface area contributed by atoms with Gasteiger partial charge in [0.25, 0.3) is 0 Å². The van der Waals surface area contributed by atoms with Crippen LogP contribution in [0.25, 0.3) is 0 Å². The third-order valence-corrected chi connectivity index (χ3v) is 4.47. The molecule has 0 radical (unpaired) electrons. The second-order valence-electron chi connectivity index (χ2n) is 4.70. The minimum absolute atomic E-state index is 0.301. The Morgan fingerprint density at radius 3 is 2.68 bits per heavy atom. The Labute approximate surface area is 123 Å². The van der Waals surface area contributed by atoms with Gasteiger partial charge in [-0.15, -0.1) is 0 Å². The number of alkyl halides is 3. The van der Waals surface area contributed by atoms with E-state index in [4.69, 9.17) is 9.84 Å². The van der Waals surface area contributed by atoms with Crippen molar-refractivity contribution in [3.05, 3.63) is 23.8 Å². The second kappa shape index (κ2) is 5.76. The van der Waals surface area contributed by atoms with Crippen molar-refractivity contribution >= 4 is 16.0 Å².